The zero-order chi connectivity index (χ0) is 14.3. The highest BCUT2D eigenvalue weighted by molar-refractivity contribution is 5.55. The molecule has 2 nitrogen and oxygen atoms in total. The predicted octanol–water partition coefficient (Wildman–Crippen LogP) is 3.49. The predicted molar refractivity (Wildman–Crippen MR) is 81.7 cm³/mol. The van der Waals surface area contributed by atoms with Crippen LogP contribution in [0.2, 0.25) is 0 Å². The molecule has 0 spiro atoms. The first-order valence-corrected chi connectivity index (χ1v) is 7.82. The fourth-order valence-corrected chi connectivity index (χ4v) is 3.55. The molecule has 0 bridgehead atoms. The Balaban J connectivity index is 1.92. The van der Waals surface area contributed by atoms with Crippen molar-refractivity contribution in [2.75, 3.05) is 18.0 Å². The van der Waals surface area contributed by atoms with Crippen molar-refractivity contribution in [2.24, 2.45) is 5.92 Å². The molecular weight excluding hydrogens is 251 g/mol. The molecule has 1 aliphatic heterocycles. The van der Waals surface area contributed by atoms with Gasteiger partial charge in [0.05, 0.1) is 0 Å². The molecule has 20 heavy (non-hydrogen) atoms. The Hall–Kier alpha value is -1.09. The fourth-order valence-electron chi connectivity index (χ4n) is 3.55. The van der Waals surface area contributed by atoms with Gasteiger partial charge in [-0.05, 0) is 51.2 Å². The minimum atomic E-state index is -0.0935. The van der Waals surface area contributed by atoms with Crippen LogP contribution in [0.4, 0.5) is 10.1 Å². The molecule has 2 unspecified atom stereocenters. The third-order valence-corrected chi connectivity index (χ3v) is 5.18. The summed E-state index contributed by atoms with van der Waals surface area (Å²) in [6, 6.07) is 5.92. The lowest BCUT2D eigenvalue weighted by Crippen LogP contribution is -2.64. The van der Waals surface area contributed by atoms with Gasteiger partial charge in [0.25, 0.3) is 0 Å². The van der Waals surface area contributed by atoms with E-state index in [1.807, 2.05) is 13.0 Å². The highest BCUT2D eigenvalue weighted by Gasteiger charge is 2.46. The molecule has 1 N–H and O–H groups in total. The van der Waals surface area contributed by atoms with Gasteiger partial charge in [0, 0.05) is 35.9 Å². The first kappa shape index (κ1) is 13.9. The quantitative estimate of drug-likeness (QED) is 0.909. The Morgan fingerprint density at radius 2 is 2.15 bits per heavy atom. The van der Waals surface area contributed by atoms with E-state index in [0.717, 1.165) is 36.7 Å². The zero-order valence-electron chi connectivity index (χ0n) is 12.7. The van der Waals surface area contributed by atoms with Gasteiger partial charge < -0.3 is 10.2 Å². The smallest absolute Gasteiger partial charge is 0.128 e. The number of nitrogens with one attached hydrogen (secondary N) is 1. The monoisotopic (exact) mass is 276 g/mol. The summed E-state index contributed by atoms with van der Waals surface area (Å²) in [5, 5.41) is 3.76. The lowest BCUT2D eigenvalue weighted by atomic mass is 9.89. The summed E-state index contributed by atoms with van der Waals surface area (Å²) in [5.74, 6) is 0.695. The van der Waals surface area contributed by atoms with E-state index in [0.29, 0.717) is 6.04 Å². The van der Waals surface area contributed by atoms with Crippen LogP contribution in [-0.2, 0) is 0 Å². The molecule has 3 heteroatoms. The second kappa shape index (κ2) is 5.03. The van der Waals surface area contributed by atoms with Crippen molar-refractivity contribution in [1.82, 2.24) is 5.32 Å². The van der Waals surface area contributed by atoms with Gasteiger partial charge in [-0.1, -0.05) is 13.0 Å². The maximum absolute atomic E-state index is 13.9. The van der Waals surface area contributed by atoms with Crippen molar-refractivity contribution in [3.63, 3.8) is 0 Å². The molecule has 0 amide bonds. The standard InChI is InChI=1S/C17H25FN2/c1-4-14-10-19-17(3,13-8-9-13)11-20(14)16-7-5-6-15(18)12(16)2/h5-7,13-14,19H,4,8-11H2,1-3H3. The van der Waals surface area contributed by atoms with Crippen LogP contribution in [0.1, 0.15) is 38.7 Å². The van der Waals surface area contributed by atoms with Crippen LogP contribution in [0.5, 0.6) is 0 Å². The number of benzene rings is 1. The van der Waals surface area contributed by atoms with Crippen LogP contribution in [0.15, 0.2) is 18.2 Å². The first-order chi connectivity index (χ1) is 9.55. The van der Waals surface area contributed by atoms with Gasteiger partial charge in [0.15, 0.2) is 0 Å². The largest absolute Gasteiger partial charge is 0.365 e. The molecule has 1 aromatic carbocycles. The van der Waals surface area contributed by atoms with Crippen molar-refractivity contribution in [3.8, 4) is 0 Å². The van der Waals surface area contributed by atoms with E-state index in [1.165, 1.54) is 12.8 Å². The Morgan fingerprint density at radius 1 is 1.40 bits per heavy atom. The van der Waals surface area contributed by atoms with Crippen LogP contribution < -0.4 is 10.2 Å². The number of hydrogen-bond acceptors (Lipinski definition) is 2. The average Bonchev–Trinajstić information content (AvgIpc) is 3.27. The highest BCUT2D eigenvalue weighted by atomic mass is 19.1. The van der Waals surface area contributed by atoms with E-state index < -0.39 is 0 Å². The maximum atomic E-state index is 13.9. The van der Waals surface area contributed by atoms with Crippen molar-refractivity contribution >= 4 is 5.69 Å². The Bertz CT molecular complexity index is 498. The summed E-state index contributed by atoms with van der Waals surface area (Å²) in [6.45, 7) is 8.43. The summed E-state index contributed by atoms with van der Waals surface area (Å²) in [4.78, 5) is 2.44. The van der Waals surface area contributed by atoms with E-state index in [1.54, 1.807) is 6.07 Å². The van der Waals surface area contributed by atoms with E-state index in [2.05, 4.69) is 30.1 Å². The third-order valence-electron chi connectivity index (χ3n) is 5.18. The third kappa shape index (κ3) is 2.32. The van der Waals surface area contributed by atoms with E-state index >= 15 is 0 Å². The fraction of sp³-hybridized carbons (Fsp3) is 0.647. The van der Waals surface area contributed by atoms with Crippen molar-refractivity contribution in [2.45, 2.75) is 51.6 Å². The minimum absolute atomic E-state index is 0.0935. The first-order valence-electron chi connectivity index (χ1n) is 7.82. The molecule has 0 aromatic heterocycles. The van der Waals surface area contributed by atoms with Crippen molar-refractivity contribution in [3.05, 3.63) is 29.6 Å². The summed E-state index contributed by atoms with van der Waals surface area (Å²) < 4.78 is 13.9. The van der Waals surface area contributed by atoms with Crippen LogP contribution in [0.3, 0.4) is 0 Å². The van der Waals surface area contributed by atoms with E-state index in [4.69, 9.17) is 0 Å². The summed E-state index contributed by atoms with van der Waals surface area (Å²) in [7, 11) is 0. The number of nitrogens with zero attached hydrogens (tertiary/aromatic N) is 1. The Kier molecular flexibility index (Phi) is 3.49. The van der Waals surface area contributed by atoms with Gasteiger partial charge in [0.1, 0.15) is 5.82 Å². The van der Waals surface area contributed by atoms with Gasteiger partial charge >= 0.3 is 0 Å². The number of halogens is 1. The number of piperazine rings is 1. The van der Waals surface area contributed by atoms with Gasteiger partial charge in [0.2, 0.25) is 0 Å². The second-order valence-electron chi connectivity index (χ2n) is 6.65. The summed E-state index contributed by atoms with van der Waals surface area (Å²) in [6.07, 6.45) is 3.75. The lowest BCUT2D eigenvalue weighted by molar-refractivity contribution is 0.252. The maximum Gasteiger partial charge on any atom is 0.128 e. The van der Waals surface area contributed by atoms with Gasteiger partial charge in [-0.2, -0.15) is 0 Å². The molecule has 110 valence electrons. The number of hydrogen-bond donors (Lipinski definition) is 1. The van der Waals surface area contributed by atoms with Gasteiger partial charge in [-0.3, -0.25) is 0 Å². The topological polar surface area (TPSA) is 15.3 Å². The SMILES string of the molecule is CCC1CNC(C)(C2CC2)CN1c1cccc(F)c1C. The molecule has 1 aliphatic carbocycles. The Labute approximate surface area is 121 Å². The normalized spacial score (nSPS) is 30.6. The van der Waals surface area contributed by atoms with Crippen LogP contribution >= 0.6 is 0 Å². The van der Waals surface area contributed by atoms with Crippen LogP contribution in [0, 0.1) is 18.7 Å². The molecule has 2 aliphatic rings. The molecule has 1 saturated carbocycles. The number of rotatable bonds is 3. The van der Waals surface area contributed by atoms with Crippen LogP contribution in [0.25, 0.3) is 0 Å². The zero-order valence-corrected chi connectivity index (χ0v) is 12.7. The molecule has 3 rings (SSSR count). The van der Waals surface area contributed by atoms with Gasteiger partial charge in [-0.15, -0.1) is 0 Å². The van der Waals surface area contributed by atoms with E-state index in [-0.39, 0.29) is 11.4 Å². The average molecular weight is 276 g/mol. The Morgan fingerprint density at radius 3 is 2.80 bits per heavy atom. The lowest BCUT2D eigenvalue weighted by Gasteiger charge is -2.48. The number of anilines is 1. The summed E-state index contributed by atoms with van der Waals surface area (Å²) in [5.41, 5.74) is 2.04. The molecule has 0 radical (unpaired) electrons. The molecule has 1 saturated heterocycles. The van der Waals surface area contributed by atoms with Crippen LogP contribution in [-0.4, -0.2) is 24.7 Å². The summed E-state index contributed by atoms with van der Waals surface area (Å²) >= 11 is 0. The molecular formula is C17H25FN2. The molecule has 2 atom stereocenters. The van der Waals surface area contributed by atoms with Crippen molar-refractivity contribution in [1.29, 1.82) is 0 Å². The molecule has 1 aromatic rings. The minimum Gasteiger partial charge on any atom is -0.365 e. The molecule has 2 fully saturated rings. The second-order valence-corrected chi connectivity index (χ2v) is 6.65. The van der Waals surface area contributed by atoms with Gasteiger partial charge in [-0.25, -0.2) is 4.39 Å². The van der Waals surface area contributed by atoms with Crippen molar-refractivity contribution < 1.29 is 4.39 Å². The highest BCUT2D eigenvalue weighted by Crippen LogP contribution is 2.42. The molecule has 1 heterocycles. The van der Waals surface area contributed by atoms with E-state index in [9.17, 15) is 4.39 Å².